The first-order valence-corrected chi connectivity index (χ1v) is 7.37. The largest absolute Gasteiger partial charge is 0.481 e. The Morgan fingerprint density at radius 1 is 1.31 bits per heavy atom. The number of imidazole rings is 1. The Balaban J connectivity index is 2.19. The molecule has 8 N–H and O–H groups in total. The second-order valence-corrected chi connectivity index (χ2v) is 5.58. The van der Waals surface area contributed by atoms with Crippen LogP contribution < -0.4 is 11.1 Å². The van der Waals surface area contributed by atoms with E-state index in [0.29, 0.717) is 0 Å². The van der Waals surface area contributed by atoms with E-state index in [1.54, 1.807) is 0 Å². The molecule has 0 aliphatic carbocycles. The van der Waals surface area contributed by atoms with E-state index in [0.717, 1.165) is 10.9 Å². The van der Waals surface area contributed by atoms with Gasteiger partial charge < -0.3 is 41.3 Å². The third-order valence-electron chi connectivity index (χ3n) is 3.82. The number of rotatable bonds is 7. The zero-order chi connectivity index (χ0) is 19.6. The topological polar surface area (TPSA) is 217 Å². The molecule has 1 aromatic rings. The van der Waals surface area contributed by atoms with Crippen LogP contribution >= 0.6 is 0 Å². The number of hydrogen-bond acceptors (Lipinski definition) is 9. The van der Waals surface area contributed by atoms with Gasteiger partial charge in [0.1, 0.15) is 30.2 Å². The summed E-state index contributed by atoms with van der Waals surface area (Å²) in [6.45, 7) is -0.563. The molecule has 5 atom stereocenters. The molecule has 0 bridgehead atoms. The van der Waals surface area contributed by atoms with Crippen molar-refractivity contribution in [3.63, 3.8) is 0 Å². The van der Waals surface area contributed by atoms with Crippen LogP contribution in [-0.2, 0) is 14.3 Å². The highest BCUT2D eigenvalue weighted by Crippen LogP contribution is 2.31. The number of carbonyl (C=O) groups excluding carboxylic acids is 1. The SMILES string of the molecule is Nc1c(C(=O)NC(CC(=O)O)C(=O)O)ncn1[C@@H]1O[C@H](CO)[C@@H](O)[C@H]1O. The fraction of sp³-hybridized carbons (Fsp3) is 0.538. The smallest absolute Gasteiger partial charge is 0.326 e. The first-order chi connectivity index (χ1) is 12.2. The van der Waals surface area contributed by atoms with Crippen LogP contribution in [0.25, 0.3) is 0 Å². The number of nitrogens with two attached hydrogens (primary N) is 1. The Kier molecular flexibility index (Phi) is 5.76. The van der Waals surface area contributed by atoms with Gasteiger partial charge in [-0.25, -0.2) is 9.78 Å². The van der Waals surface area contributed by atoms with Gasteiger partial charge in [0.2, 0.25) is 0 Å². The monoisotopic (exact) mass is 374 g/mol. The summed E-state index contributed by atoms with van der Waals surface area (Å²) < 4.78 is 6.29. The van der Waals surface area contributed by atoms with Crippen LogP contribution in [0.5, 0.6) is 0 Å². The Labute approximate surface area is 145 Å². The molecule has 2 rings (SSSR count). The molecule has 1 saturated heterocycles. The van der Waals surface area contributed by atoms with Crippen molar-refractivity contribution < 1.29 is 44.7 Å². The van der Waals surface area contributed by atoms with E-state index < -0.39 is 67.1 Å². The van der Waals surface area contributed by atoms with Gasteiger partial charge in [-0.2, -0.15) is 0 Å². The van der Waals surface area contributed by atoms with E-state index in [4.69, 9.17) is 25.8 Å². The number of aliphatic hydroxyl groups is 3. The molecule has 13 heteroatoms. The predicted molar refractivity (Wildman–Crippen MR) is 80.8 cm³/mol. The molecule has 0 radical (unpaired) electrons. The molecular formula is C13H18N4O9. The molecule has 26 heavy (non-hydrogen) atoms. The van der Waals surface area contributed by atoms with Crippen LogP contribution in [0, 0.1) is 0 Å². The number of ether oxygens (including phenoxy) is 1. The van der Waals surface area contributed by atoms with Crippen molar-refractivity contribution in [3.8, 4) is 0 Å². The van der Waals surface area contributed by atoms with Gasteiger partial charge in [-0.1, -0.05) is 0 Å². The highest BCUT2D eigenvalue weighted by Gasteiger charge is 2.44. The summed E-state index contributed by atoms with van der Waals surface area (Å²) in [5, 5.41) is 48.4. The van der Waals surface area contributed by atoms with Crippen molar-refractivity contribution >= 4 is 23.7 Å². The molecule has 1 fully saturated rings. The number of anilines is 1. The molecule has 1 aromatic heterocycles. The van der Waals surface area contributed by atoms with E-state index in [2.05, 4.69) is 4.98 Å². The lowest BCUT2D eigenvalue weighted by Crippen LogP contribution is -2.42. The summed E-state index contributed by atoms with van der Waals surface area (Å²) in [6.07, 6.45) is -4.98. The number of carbonyl (C=O) groups is 3. The van der Waals surface area contributed by atoms with Crippen LogP contribution in [0.3, 0.4) is 0 Å². The van der Waals surface area contributed by atoms with Gasteiger partial charge >= 0.3 is 11.9 Å². The first kappa shape index (κ1) is 19.6. The van der Waals surface area contributed by atoms with E-state index in [1.807, 2.05) is 5.32 Å². The number of aliphatic carboxylic acids is 2. The Bertz CT molecular complexity index is 706. The van der Waals surface area contributed by atoms with E-state index in [9.17, 15) is 24.6 Å². The number of aliphatic hydroxyl groups excluding tert-OH is 3. The van der Waals surface area contributed by atoms with Gasteiger partial charge in [-0.05, 0) is 0 Å². The third-order valence-corrected chi connectivity index (χ3v) is 3.82. The summed E-state index contributed by atoms with van der Waals surface area (Å²) in [7, 11) is 0. The minimum atomic E-state index is -1.70. The maximum atomic E-state index is 12.1. The summed E-state index contributed by atoms with van der Waals surface area (Å²) in [4.78, 5) is 37.5. The average Bonchev–Trinajstić information content (AvgIpc) is 3.07. The van der Waals surface area contributed by atoms with Crippen molar-refractivity contribution in [1.29, 1.82) is 0 Å². The van der Waals surface area contributed by atoms with Gasteiger partial charge in [-0.3, -0.25) is 14.2 Å². The number of nitrogen functional groups attached to an aromatic ring is 1. The van der Waals surface area contributed by atoms with E-state index in [1.165, 1.54) is 0 Å². The number of amides is 1. The highest BCUT2D eigenvalue weighted by atomic mass is 16.6. The van der Waals surface area contributed by atoms with Gasteiger partial charge in [0, 0.05) is 0 Å². The number of nitrogens with zero attached hydrogens (tertiary/aromatic N) is 2. The van der Waals surface area contributed by atoms with E-state index in [-0.39, 0.29) is 5.82 Å². The van der Waals surface area contributed by atoms with Crippen molar-refractivity contribution in [2.45, 2.75) is 37.0 Å². The van der Waals surface area contributed by atoms with Gasteiger partial charge in [0.15, 0.2) is 11.9 Å². The van der Waals surface area contributed by atoms with Gasteiger partial charge in [0.05, 0.1) is 19.4 Å². The maximum Gasteiger partial charge on any atom is 0.326 e. The lowest BCUT2D eigenvalue weighted by Gasteiger charge is -2.17. The minimum absolute atomic E-state index is 0.309. The Morgan fingerprint density at radius 3 is 2.46 bits per heavy atom. The average molecular weight is 374 g/mol. The summed E-state index contributed by atoms with van der Waals surface area (Å²) in [6, 6.07) is -1.70. The molecular weight excluding hydrogens is 356 g/mol. The van der Waals surface area contributed by atoms with Crippen LogP contribution in [0.2, 0.25) is 0 Å². The fourth-order valence-corrected chi connectivity index (χ4v) is 2.46. The van der Waals surface area contributed by atoms with Crippen molar-refractivity contribution in [2.75, 3.05) is 12.3 Å². The standard InChI is InChI=1S/C13H18N4O9/c14-10-7(11(23)16-4(13(24)25)1-6(19)20)15-3-17(10)12-9(22)8(21)5(2-18)26-12/h3-5,8-9,12,18,21-22H,1-2,14H2,(H,16,23)(H,19,20)(H,24,25)/t4?,5-,8-,9-,12-/m1/s1. The molecule has 13 nitrogen and oxygen atoms in total. The summed E-state index contributed by atoms with van der Waals surface area (Å²) in [5.74, 6) is -4.33. The second kappa shape index (κ2) is 7.65. The maximum absolute atomic E-state index is 12.1. The normalized spacial score (nSPS) is 26.4. The molecule has 2 heterocycles. The lowest BCUT2D eigenvalue weighted by molar-refractivity contribution is -0.145. The molecule has 1 amide bonds. The molecule has 1 unspecified atom stereocenters. The van der Waals surface area contributed by atoms with Crippen molar-refractivity contribution in [3.05, 3.63) is 12.0 Å². The quantitative estimate of drug-likeness (QED) is 0.251. The number of carboxylic acids is 2. The highest BCUT2D eigenvalue weighted by molar-refractivity contribution is 5.99. The molecule has 144 valence electrons. The number of nitrogens with one attached hydrogen (secondary N) is 1. The van der Waals surface area contributed by atoms with Gasteiger partial charge in [-0.15, -0.1) is 0 Å². The molecule has 1 aliphatic rings. The predicted octanol–water partition coefficient (Wildman–Crippen LogP) is -3.27. The van der Waals surface area contributed by atoms with Gasteiger partial charge in [0.25, 0.3) is 5.91 Å². The van der Waals surface area contributed by atoms with E-state index >= 15 is 0 Å². The van der Waals surface area contributed by atoms with Crippen molar-refractivity contribution in [1.82, 2.24) is 14.9 Å². The number of carboxylic acid groups (broad SMARTS) is 2. The zero-order valence-corrected chi connectivity index (χ0v) is 13.2. The Hall–Kier alpha value is -2.74. The number of aromatic nitrogens is 2. The number of hydrogen-bond donors (Lipinski definition) is 7. The second-order valence-electron chi connectivity index (χ2n) is 5.58. The minimum Gasteiger partial charge on any atom is -0.481 e. The van der Waals surface area contributed by atoms with Crippen LogP contribution in [0.1, 0.15) is 23.1 Å². The molecule has 0 aromatic carbocycles. The van der Waals surface area contributed by atoms with Crippen LogP contribution in [0.15, 0.2) is 6.33 Å². The summed E-state index contributed by atoms with van der Waals surface area (Å²) in [5.41, 5.74) is 5.36. The third kappa shape index (κ3) is 3.75. The Morgan fingerprint density at radius 2 is 1.96 bits per heavy atom. The van der Waals surface area contributed by atoms with Crippen molar-refractivity contribution in [2.24, 2.45) is 0 Å². The lowest BCUT2D eigenvalue weighted by atomic mass is 10.1. The van der Waals surface area contributed by atoms with Crippen LogP contribution in [-0.4, -0.2) is 83.9 Å². The first-order valence-electron chi connectivity index (χ1n) is 7.37. The molecule has 0 spiro atoms. The van der Waals surface area contributed by atoms with Crippen LogP contribution in [0.4, 0.5) is 5.82 Å². The fourth-order valence-electron chi connectivity index (χ4n) is 2.46. The summed E-state index contributed by atoms with van der Waals surface area (Å²) >= 11 is 0. The molecule has 0 saturated carbocycles. The molecule has 1 aliphatic heterocycles. The zero-order valence-electron chi connectivity index (χ0n) is 13.2.